The SMILES string of the molecule is CCC(O)[C@@H]1C[C@H](CC(=O)O)[C@H](n2c(=O)sc3c(=O)[nH]c(N)nc32)O1. The lowest BCUT2D eigenvalue weighted by atomic mass is 9.96. The van der Waals surface area contributed by atoms with Crippen molar-refractivity contribution in [2.24, 2.45) is 5.92 Å². The summed E-state index contributed by atoms with van der Waals surface area (Å²) in [5.74, 6) is -1.73. The number of aliphatic hydroxyl groups excluding tert-OH is 1. The topological polar surface area (TPSA) is 161 Å². The smallest absolute Gasteiger partial charge is 0.311 e. The molecule has 1 aliphatic rings. The molecule has 1 saturated heterocycles. The van der Waals surface area contributed by atoms with E-state index < -0.39 is 40.8 Å². The Bertz CT molecular complexity index is 918. The second kappa shape index (κ2) is 6.58. The second-order valence-electron chi connectivity index (χ2n) is 5.98. The molecule has 0 bridgehead atoms. The van der Waals surface area contributed by atoms with Crippen LogP contribution in [0.3, 0.4) is 0 Å². The molecule has 25 heavy (non-hydrogen) atoms. The Labute approximate surface area is 144 Å². The Kier molecular flexibility index (Phi) is 4.62. The van der Waals surface area contributed by atoms with Crippen molar-refractivity contribution in [1.29, 1.82) is 0 Å². The number of hydrogen-bond acceptors (Lipinski definition) is 8. The first-order valence-electron chi connectivity index (χ1n) is 7.78. The van der Waals surface area contributed by atoms with Gasteiger partial charge in [0, 0.05) is 5.92 Å². The van der Waals surface area contributed by atoms with Gasteiger partial charge in [-0.15, -0.1) is 0 Å². The predicted molar refractivity (Wildman–Crippen MR) is 89.5 cm³/mol. The maximum Gasteiger partial charge on any atom is 0.311 e. The quantitative estimate of drug-likeness (QED) is 0.566. The van der Waals surface area contributed by atoms with Crippen molar-refractivity contribution in [1.82, 2.24) is 14.5 Å². The summed E-state index contributed by atoms with van der Waals surface area (Å²) in [5, 5.41) is 19.2. The first kappa shape index (κ1) is 17.6. The van der Waals surface area contributed by atoms with Crippen LogP contribution in [0, 0.1) is 5.92 Å². The van der Waals surface area contributed by atoms with Crippen LogP contribution >= 0.6 is 11.3 Å². The number of ether oxygens (including phenoxy) is 1. The third kappa shape index (κ3) is 3.17. The van der Waals surface area contributed by atoms with E-state index in [2.05, 4.69) is 9.97 Å². The number of aromatic nitrogens is 3. The van der Waals surface area contributed by atoms with Crippen LogP contribution in [-0.4, -0.2) is 42.9 Å². The van der Waals surface area contributed by atoms with Gasteiger partial charge in [0.25, 0.3) is 5.56 Å². The van der Waals surface area contributed by atoms with Crippen molar-refractivity contribution in [3.05, 3.63) is 20.0 Å². The summed E-state index contributed by atoms with van der Waals surface area (Å²) in [7, 11) is 0. The molecule has 1 unspecified atom stereocenters. The Morgan fingerprint density at radius 2 is 2.28 bits per heavy atom. The second-order valence-corrected chi connectivity index (χ2v) is 6.94. The zero-order chi connectivity index (χ0) is 18.3. The predicted octanol–water partition coefficient (Wildman–Crippen LogP) is -0.122. The van der Waals surface area contributed by atoms with Gasteiger partial charge in [0.15, 0.2) is 5.65 Å². The number of nitrogens with one attached hydrogen (secondary N) is 1. The molecule has 0 radical (unpaired) electrons. The summed E-state index contributed by atoms with van der Waals surface area (Å²) >= 11 is 0.693. The van der Waals surface area contributed by atoms with Crippen molar-refractivity contribution in [2.75, 3.05) is 5.73 Å². The summed E-state index contributed by atoms with van der Waals surface area (Å²) in [5.41, 5.74) is 5.08. The summed E-state index contributed by atoms with van der Waals surface area (Å²) in [4.78, 5) is 41.4. The molecule has 3 heterocycles. The molecular formula is C14H18N4O6S. The van der Waals surface area contributed by atoms with Crippen molar-refractivity contribution in [3.63, 3.8) is 0 Å². The number of aromatic amines is 1. The molecule has 11 heteroatoms. The van der Waals surface area contributed by atoms with Crippen molar-refractivity contribution in [3.8, 4) is 0 Å². The van der Waals surface area contributed by atoms with E-state index in [1.807, 2.05) is 0 Å². The van der Waals surface area contributed by atoms with Crippen LogP contribution in [0.4, 0.5) is 5.95 Å². The largest absolute Gasteiger partial charge is 0.481 e. The average molecular weight is 370 g/mol. The summed E-state index contributed by atoms with van der Waals surface area (Å²) in [6, 6.07) is 0. The number of rotatable bonds is 5. The van der Waals surface area contributed by atoms with Crippen LogP contribution in [0.15, 0.2) is 9.59 Å². The highest BCUT2D eigenvalue weighted by Gasteiger charge is 2.42. The van der Waals surface area contributed by atoms with Gasteiger partial charge in [-0.3, -0.25) is 23.9 Å². The highest BCUT2D eigenvalue weighted by molar-refractivity contribution is 7.16. The van der Waals surface area contributed by atoms with Crippen LogP contribution in [0.25, 0.3) is 10.3 Å². The summed E-state index contributed by atoms with van der Waals surface area (Å²) in [6.45, 7) is 1.78. The Hall–Kier alpha value is -2.24. The van der Waals surface area contributed by atoms with E-state index in [0.29, 0.717) is 17.8 Å². The van der Waals surface area contributed by atoms with Gasteiger partial charge >= 0.3 is 10.8 Å². The molecule has 0 aromatic carbocycles. The number of H-pyrrole nitrogens is 1. The molecule has 1 aliphatic heterocycles. The number of aliphatic carboxylic acids is 1. The fraction of sp³-hybridized carbons (Fsp3) is 0.571. The standard InChI is InChI=1S/C14H18N4O6S/c1-2-6(19)7-3-5(4-8(20)21)12(24-7)18-10-9(25-14(18)23)11(22)17-13(15)16-10/h5-7,12,19H,2-4H2,1H3,(H,20,21)(H3,15,16,17,22)/t5-,6?,7+,12-/m1/s1. The number of aliphatic hydroxyl groups is 1. The van der Waals surface area contributed by atoms with E-state index in [9.17, 15) is 19.5 Å². The van der Waals surface area contributed by atoms with Gasteiger partial charge in [-0.25, -0.2) is 0 Å². The lowest BCUT2D eigenvalue weighted by molar-refractivity contribution is -0.139. The molecule has 136 valence electrons. The molecule has 0 saturated carbocycles. The number of carboxylic acid groups (broad SMARTS) is 1. The summed E-state index contributed by atoms with van der Waals surface area (Å²) in [6.07, 6.45) is -1.82. The number of carboxylic acids is 1. The van der Waals surface area contributed by atoms with E-state index in [1.54, 1.807) is 6.92 Å². The van der Waals surface area contributed by atoms with Crippen LogP contribution in [0.5, 0.6) is 0 Å². The third-order valence-corrected chi connectivity index (χ3v) is 5.23. The molecule has 0 spiro atoms. The first-order chi connectivity index (χ1) is 11.8. The van der Waals surface area contributed by atoms with E-state index in [1.165, 1.54) is 4.57 Å². The fourth-order valence-electron chi connectivity index (χ4n) is 3.12. The van der Waals surface area contributed by atoms with E-state index >= 15 is 0 Å². The van der Waals surface area contributed by atoms with Gasteiger partial charge in [0.05, 0.1) is 18.6 Å². The molecule has 3 rings (SSSR count). The van der Waals surface area contributed by atoms with Gasteiger partial charge in [0.2, 0.25) is 5.95 Å². The van der Waals surface area contributed by atoms with Crippen molar-refractivity contribution < 1.29 is 19.7 Å². The highest BCUT2D eigenvalue weighted by atomic mass is 32.1. The van der Waals surface area contributed by atoms with Crippen LogP contribution in [0.1, 0.15) is 32.4 Å². The molecule has 2 aromatic rings. The zero-order valence-electron chi connectivity index (χ0n) is 13.3. The van der Waals surface area contributed by atoms with E-state index in [4.69, 9.17) is 15.6 Å². The van der Waals surface area contributed by atoms with Crippen LogP contribution in [0.2, 0.25) is 0 Å². The normalized spacial score (nSPS) is 24.6. The molecule has 2 aromatic heterocycles. The minimum absolute atomic E-state index is 0.0586. The monoisotopic (exact) mass is 370 g/mol. The Balaban J connectivity index is 2.10. The van der Waals surface area contributed by atoms with Gasteiger partial charge in [0.1, 0.15) is 10.9 Å². The Morgan fingerprint density at radius 3 is 2.92 bits per heavy atom. The first-order valence-corrected chi connectivity index (χ1v) is 8.59. The van der Waals surface area contributed by atoms with Gasteiger partial charge in [-0.05, 0) is 12.8 Å². The molecule has 0 aliphatic carbocycles. The molecule has 0 amide bonds. The number of carbonyl (C=O) groups is 1. The van der Waals surface area contributed by atoms with Crippen molar-refractivity contribution in [2.45, 2.75) is 44.6 Å². The molecule has 10 nitrogen and oxygen atoms in total. The minimum Gasteiger partial charge on any atom is -0.481 e. The lowest BCUT2D eigenvalue weighted by Crippen LogP contribution is -2.28. The molecular weight excluding hydrogens is 352 g/mol. The van der Waals surface area contributed by atoms with E-state index in [0.717, 1.165) is 0 Å². The average Bonchev–Trinajstić information content (AvgIpc) is 3.06. The maximum atomic E-state index is 12.4. The van der Waals surface area contributed by atoms with Crippen LogP contribution < -0.4 is 16.2 Å². The van der Waals surface area contributed by atoms with E-state index in [-0.39, 0.29) is 29.1 Å². The third-order valence-electron chi connectivity index (χ3n) is 4.28. The molecule has 1 fully saturated rings. The van der Waals surface area contributed by atoms with Gasteiger partial charge in [-0.2, -0.15) is 4.98 Å². The molecule has 5 N–H and O–H groups in total. The van der Waals surface area contributed by atoms with Gasteiger partial charge < -0.3 is 20.7 Å². The number of thiazole rings is 1. The maximum absolute atomic E-state index is 12.4. The van der Waals surface area contributed by atoms with Crippen molar-refractivity contribution >= 4 is 33.6 Å². The summed E-state index contributed by atoms with van der Waals surface area (Å²) < 4.78 is 7.07. The minimum atomic E-state index is -1.04. The number of nitrogens with zero attached hydrogens (tertiary/aromatic N) is 2. The number of fused-ring (bicyclic) bond motifs is 1. The highest BCUT2D eigenvalue weighted by Crippen LogP contribution is 2.39. The number of nitrogens with two attached hydrogens (primary N) is 1. The zero-order valence-corrected chi connectivity index (χ0v) is 14.2. The Morgan fingerprint density at radius 1 is 1.56 bits per heavy atom. The molecule has 4 atom stereocenters. The lowest BCUT2D eigenvalue weighted by Gasteiger charge is -2.19. The number of hydrogen-bond donors (Lipinski definition) is 4. The van der Waals surface area contributed by atoms with Crippen LogP contribution in [-0.2, 0) is 9.53 Å². The number of anilines is 1. The van der Waals surface area contributed by atoms with Gasteiger partial charge in [-0.1, -0.05) is 18.3 Å². The fourth-order valence-corrected chi connectivity index (χ4v) is 3.96. The number of nitrogen functional groups attached to an aromatic ring is 1.